The Morgan fingerprint density at radius 3 is 2.16 bits per heavy atom. The van der Waals surface area contributed by atoms with Crippen LogP contribution >= 0.6 is 0 Å². The number of aromatic nitrogens is 2. The first kappa shape index (κ1) is 34.4. The highest BCUT2D eigenvalue weighted by Crippen LogP contribution is 2.39. The summed E-state index contributed by atoms with van der Waals surface area (Å²) < 4.78 is 5.38. The van der Waals surface area contributed by atoms with Crippen LogP contribution in [0.4, 0.5) is 10.5 Å². The predicted molar refractivity (Wildman–Crippen MR) is 188 cm³/mol. The van der Waals surface area contributed by atoms with Gasteiger partial charge in [0.25, 0.3) is 0 Å². The van der Waals surface area contributed by atoms with Crippen molar-refractivity contribution < 1.29 is 24.2 Å². The van der Waals surface area contributed by atoms with E-state index in [4.69, 9.17) is 14.7 Å². The number of hydrogen-bond donors (Lipinski definition) is 2. The number of aliphatic carboxylic acids is 1. The topological polar surface area (TPSA) is 125 Å². The molecule has 1 saturated carbocycles. The van der Waals surface area contributed by atoms with E-state index in [1.807, 2.05) is 67.0 Å². The molecular formula is C39H49N5O5. The lowest BCUT2D eigenvalue weighted by molar-refractivity contribution is -0.153. The molecule has 1 aliphatic carbocycles. The first-order valence-electron chi connectivity index (χ1n) is 18.0. The number of carbonyl (C=O) groups is 3. The number of piperidine rings is 1. The number of carboxylic acids is 1. The maximum absolute atomic E-state index is 13.3. The number of rotatable bonds is 12. The fourth-order valence-corrected chi connectivity index (χ4v) is 7.79. The molecule has 3 aliphatic rings. The number of amides is 2. The van der Waals surface area contributed by atoms with E-state index in [0.717, 1.165) is 53.2 Å². The van der Waals surface area contributed by atoms with Crippen molar-refractivity contribution in [2.24, 2.45) is 23.7 Å². The maximum Gasteiger partial charge on any atom is 0.408 e. The third-order valence-electron chi connectivity index (χ3n) is 10.8. The summed E-state index contributed by atoms with van der Waals surface area (Å²) in [5.41, 5.74) is 3.59. The van der Waals surface area contributed by atoms with Gasteiger partial charge >= 0.3 is 12.1 Å². The van der Waals surface area contributed by atoms with E-state index in [1.54, 1.807) is 0 Å². The average molecular weight is 668 g/mol. The zero-order valence-corrected chi connectivity index (χ0v) is 28.5. The molecule has 2 aromatic carbocycles. The number of carboxylic acid groups (broad SMARTS) is 1. The second kappa shape index (κ2) is 16.3. The molecule has 2 saturated heterocycles. The number of ether oxygens (including phenoxy) is 1. The fourth-order valence-electron chi connectivity index (χ4n) is 7.79. The molecule has 2 N–H and O–H groups in total. The zero-order valence-electron chi connectivity index (χ0n) is 28.5. The van der Waals surface area contributed by atoms with Crippen molar-refractivity contribution in [1.82, 2.24) is 20.2 Å². The molecule has 3 fully saturated rings. The van der Waals surface area contributed by atoms with Gasteiger partial charge in [0.2, 0.25) is 5.91 Å². The summed E-state index contributed by atoms with van der Waals surface area (Å²) in [6.45, 7) is 4.73. The molecule has 1 unspecified atom stereocenters. The van der Waals surface area contributed by atoms with E-state index in [9.17, 15) is 19.5 Å². The van der Waals surface area contributed by atoms with Crippen LogP contribution in [0, 0.1) is 23.7 Å². The molecule has 0 spiro atoms. The van der Waals surface area contributed by atoms with Gasteiger partial charge in [-0.2, -0.15) is 0 Å². The van der Waals surface area contributed by atoms with Gasteiger partial charge in [-0.3, -0.25) is 9.59 Å². The van der Waals surface area contributed by atoms with E-state index in [0.29, 0.717) is 5.82 Å². The van der Waals surface area contributed by atoms with E-state index < -0.39 is 24.0 Å². The molecule has 2 aliphatic heterocycles. The van der Waals surface area contributed by atoms with Crippen LogP contribution < -0.4 is 10.2 Å². The molecule has 2 amide bonds. The van der Waals surface area contributed by atoms with Crippen molar-refractivity contribution in [1.29, 1.82) is 0 Å². The molecule has 49 heavy (non-hydrogen) atoms. The Kier molecular flexibility index (Phi) is 11.4. The summed E-state index contributed by atoms with van der Waals surface area (Å²) in [5, 5.41) is 12.0. The standard InChI is InChI=1S/C39H49N5O5/c1-2-6-27-9-13-30(14-10-27)31-17-19-43(20-18-31)34-22-40-36(41-23-34)32-15-11-28(12-16-32)21-35(37(45)44-24-33(25-44)38(46)47)42-39(48)49-26-29-7-4-3-5-8-29/h3-5,7-8,11-12,15-16,22-23,27,30-31,33,35H,2,6,9-10,13-14,17-21,24-26H2,1H3,(H,42,48)(H,46,47). The van der Waals surface area contributed by atoms with Gasteiger partial charge in [0, 0.05) is 38.2 Å². The van der Waals surface area contributed by atoms with Gasteiger partial charge in [-0.1, -0.05) is 87.2 Å². The van der Waals surface area contributed by atoms with Crippen LogP contribution in [0.2, 0.25) is 0 Å². The maximum atomic E-state index is 13.3. The van der Waals surface area contributed by atoms with E-state index in [-0.39, 0.29) is 32.0 Å². The molecule has 1 aromatic heterocycles. The Morgan fingerprint density at radius 1 is 0.878 bits per heavy atom. The second-order valence-electron chi connectivity index (χ2n) is 14.1. The lowest BCUT2D eigenvalue weighted by Gasteiger charge is -2.39. The zero-order chi connectivity index (χ0) is 34.2. The molecule has 10 nitrogen and oxygen atoms in total. The number of nitrogens with one attached hydrogen (secondary N) is 1. The number of likely N-dealkylation sites (tertiary alicyclic amines) is 1. The summed E-state index contributed by atoms with van der Waals surface area (Å²) in [4.78, 5) is 50.6. The summed E-state index contributed by atoms with van der Waals surface area (Å²) in [7, 11) is 0. The SMILES string of the molecule is CCCC1CCC(C2CCN(c3cnc(-c4ccc(CC(NC(=O)OCc5ccccc5)C(=O)N5CC(C(=O)O)C5)cc4)nc3)CC2)CC1. The highest BCUT2D eigenvalue weighted by atomic mass is 16.5. The summed E-state index contributed by atoms with van der Waals surface area (Å²) in [6.07, 6.45) is 14.2. The van der Waals surface area contributed by atoms with Crippen molar-refractivity contribution in [3.8, 4) is 11.4 Å². The van der Waals surface area contributed by atoms with Crippen LogP contribution in [0.15, 0.2) is 67.0 Å². The number of anilines is 1. The van der Waals surface area contributed by atoms with Gasteiger partial charge in [-0.15, -0.1) is 0 Å². The van der Waals surface area contributed by atoms with Gasteiger partial charge in [-0.25, -0.2) is 14.8 Å². The molecule has 6 rings (SSSR count). The number of hydrogen-bond acceptors (Lipinski definition) is 7. The second-order valence-corrected chi connectivity index (χ2v) is 14.1. The molecule has 3 heterocycles. The minimum atomic E-state index is -0.929. The molecule has 0 bridgehead atoms. The predicted octanol–water partition coefficient (Wildman–Crippen LogP) is 6.35. The van der Waals surface area contributed by atoms with Gasteiger partial charge < -0.3 is 25.0 Å². The van der Waals surface area contributed by atoms with Crippen LogP contribution in [0.3, 0.4) is 0 Å². The minimum absolute atomic E-state index is 0.0736. The van der Waals surface area contributed by atoms with E-state index in [1.165, 1.54) is 56.3 Å². The normalized spacial score (nSPS) is 20.7. The van der Waals surface area contributed by atoms with E-state index >= 15 is 0 Å². The Morgan fingerprint density at radius 2 is 1.53 bits per heavy atom. The molecular weight excluding hydrogens is 618 g/mol. The first-order valence-corrected chi connectivity index (χ1v) is 18.0. The minimum Gasteiger partial charge on any atom is -0.481 e. The Bertz CT molecular complexity index is 1530. The van der Waals surface area contributed by atoms with Crippen LogP contribution in [0.25, 0.3) is 11.4 Å². The smallest absolute Gasteiger partial charge is 0.408 e. The van der Waals surface area contributed by atoms with Crippen molar-refractivity contribution in [3.63, 3.8) is 0 Å². The fraction of sp³-hybridized carbons (Fsp3) is 0.513. The summed E-state index contributed by atoms with van der Waals surface area (Å²) in [5.74, 6) is 1.47. The van der Waals surface area contributed by atoms with Gasteiger partial charge in [0.15, 0.2) is 5.82 Å². The number of benzene rings is 2. The molecule has 1 atom stereocenters. The molecule has 0 radical (unpaired) electrons. The van der Waals surface area contributed by atoms with Gasteiger partial charge in [0.1, 0.15) is 12.6 Å². The van der Waals surface area contributed by atoms with E-state index in [2.05, 4.69) is 17.1 Å². The van der Waals surface area contributed by atoms with Crippen molar-refractivity contribution >= 4 is 23.7 Å². The largest absolute Gasteiger partial charge is 0.481 e. The number of nitrogens with zero attached hydrogens (tertiary/aromatic N) is 4. The van der Waals surface area contributed by atoms with Crippen LogP contribution in [-0.4, -0.2) is 70.2 Å². The Balaban J connectivity index is 1.03. The average Bonchev–Trinajstić information content (AvgIpc) is 3.11. The monoisotopic (exact) mass is 667 g/mol. The summed E-state index contributed by atoms with van der Waals surface area (Å²) in [6, 6.07) is 16.0. The van der Waals surface area contributed by atoms with Crippen LogP contribution in [0.1, 0.15) is 69.4 Å². The van der Waals surface area contributed by atoms with Crippen LogP contribution in [-0.2, 0) is 27.4 Å². The van der Waals surface area contributed by atoms with Crippen molar-refractivity contribution in [2.45, 2.75) is 77.4 Å². The number of carbonyl (C=O) groups excluding carboxylic acids is 2. The lowest BCUT2D eigenvalue weighted by atomic mass is 9.72. The highest BCUT2D eigenvalue weighted by Gasteiger charge is 2.39. The van der Waals surface area contributed by atoms with Crippen molar-refractivity contribution in [3.05, 3.63) is 78.1 Å². The number of alkyl carbamates (subject to hydrolysis) is 1. The Labute approximate surface area is 289 Å². The lowest BCUT2D eigenvalue weighted by Crippen LogP contribution is -2.59. The van der Waals surface area contributed by atoms with Gasteiger partial charge in [0.05, 0.1) is 24.0 Å². The van der Waals surface area contributed by atoms with Gasteiger partial charge in [-0.05, 0) is 54.6 Å². The first-order chi connectivity index (χ1) is 23.9. The molecule has 3 aromatic rings. The summed E-state index contributed by atoms with van der Waals surface area (Å²) >= 11 is 0. The van der Waals surface area contributed by atoms with Crippen LogP contribution in [0.5, 0.6) is 0 Å². The molecule has 10 heteroatoms. The third kappa shape index (κ3) is 8.96. The Hall–Kier alpha value is -4.47. The third-order valence-corrected chi connectivity index (χ3v) is 10.8. The highest BCUT2D eigenvalue weighted by molar-refractivity contribution is 5.88. The quantitative estimate of drug-likeness (QED) is 0.229. The van der Waals surface area contributed by atoms with Crippen molar-refractivity contribution in [2.75, 3.05) is 31.1 Å². The molecule has 260 valence electrons.